The molecular formula is C18H14Cl2FN3O3. The van der Waals surface area contributed by atoms with Crippen molar-refractivity contribution in [3.63, 3.8) is 0 Å². The molecule has 2 N–H and O–H groups in total. The predicted molar refractivity (Wildman–Crippen MR) is 99.1 cm³/mol. The van der Waals surface area contributed by atoms with Gasteiger partial charge in [-0.05, 0) is 48.9 Å². The Labute approximate surface area is 164 Å². The summed E-state index contributed by atoms with van der Waals surface area (Å²) in [5, 5.41) is 5.64. The first-order valence-electron chi connectivity index (χ1n) is 7.86. The molecule has 1 aliphatic rings. The number of carbonyl (C=O) groups excluding carboxylic acids is 3. The predicted octanol–water partition coefficient (Wildman–Crippen LogP) is 3.54. The van der Waals surface area contributed by atoms with Gasteiger partial charge in [0, 0.05) is 5.69 Å². The van der Waals surface area contributed by atoms with Gasteiger partial charge in [0.25, 0.3) is 5.91 Å². The quantitative estimate of drug-likeness (QED) is 0.757. The summed E-state index contributed by atoms with van der Waals surface area (Å²) in [5.41, 5.74) is -0.584. The van der Waals surface area contributed by atoms with Crippen molar-refractivity contribution in [2.75, 3.05) is 11.9 Å². The van der Waals surface area contributed by atoms with Gasteiger partial charge in [-0.25, -0.2) is 9.18 Å². The molecule has 0 aromatic heterocycles. The summed E-state index contributed by atoms with van der Waals surface area (Å²) in [5.74, 6) is -1.64. The van der Waals surface area contributed by atoms with Crippen LogP contribution in [-0.4, -0.2) is 29.3 Å². The van der Waals surface area contributed by atoms with Crippen LogP contribution in [0.15, 0.2) is 42.5 Å². The first kappa shape index (κ1) is 19.1. The maximum absolute atomic E-state index is 12.9. The van der Waals surface area contributed by atoms with E-state index in [4.69, 9.17) is 23.2 Å². The lowest BCUT2D eigenvalue weighted by atomic mass is 9.92. The number of halogens is 3. The fraction of sp³-hybridized carbons (Fsp3) is 0.167. The maximum atomic E-state index is 12.9. The zero-order valence-electron chi connectivity index (χ0n) is 14.1. The minimum Gasteiger partial charge on any atom is -0.325 e. The molecule has 3 rings (SSSR count). The van der Waals surface area contributed by atoms with Gasteiger partial charge < -0.3 is 10.6 Å². The van der Waals surface area contributed by atoms with E-state index in [2.05, 4.69) is 10.6 Å². The van der Waals surface area contributed by atoms with E-state index >= 15 is 0 Å². The second-order valence-electron chi connectivity index (χ2n) is 6.13. The summed E-state index contributed by atoms with van der Waals surface area (Å²) < 4.78 is 12.9. The number of anilines is 1. The van der Waals surface area contributed by atoms with Gasteiger partial charge in [-0.2, -0.15) is 0 Å². The molecule has 0 bridgehead atoms. The van der Waals surface area contributed by atoms with E-state index < -0.39 is 35.7 Å². The molecule has 1 heterocycles. The number of carbonyl (C=O) groups is 3. The second kappa shape index (κ2) is 7.17. The zero-order chi connectivity index (χ0) is 19.8. The number of hydrogen-bond acceptors (Lipinski definition) is 3. The van der Waals surface area contributed by atoms with E-state index in [1.54, 1.807) is 6.07 Å². The summed E-state index contributed by atoms with van der Waals surface area (Å²) in [7, 11) is 0. The van der Waals surface area contributed by atoms with Crippen LogP contribution in [0, 0.1) is 5.82 Å². The number of nitrogens with zero attached hydrogens (tertiary/aromatic N) is 1. The van der Waals surface area contributed by atoms with Crippen molar-refractivity contribution in [3.05, 3.63) is 63.9 Å². The topological polar surface area (TPSA) is 78.5 Å². The smallest absolute Gasteiger partial charge is 0.325 e. The molecule has 1 atom stereocenters. The highest BCUT2D eigenvalue weighted by molar-refractivity contribution is 6.42. The van der Waals surface area contributed by atoms with Gasteiger partial charge in [0.2, 0.25) is 5.91 Å². The molecule has 27 heavy (non-hydrogen) atoms. The van der Waals surface area contributed by atoms with Crippen molar-refractivity contribution in [2.24, 2.45) is 0 Å². The summed E-state index contributed by atoms with van der Waals surface area (Å²) in [4.78, 5) is 38.0. The normalized spacial score (nSPS) is 19.2. The summed E-state index contributed by atoms with van der Waals surface area (Å²) in [6.07, 6.45) is 0. The fourth-order valence-electron chi connectivity index (χ4n) is 2.72. The molecule has 1 saturated heterocycles. The number of benzene rings is 2. The lowest BCUT2D eigenvalue weighted by molar-refractivity contribution is -0.133. The Balaban J connectivity index is 1.76. The standard InChI is InChI=1S/C18H14Cl2FN3O3/c1-18(10-2-7-13(19)14(20)8-10)16(26)24(17(27)23-18)9-15(25)22-12-5-3-11(21)4-6-12/h2-8H,9H2,1H3,(H,22,25)(H,23,27). The van der Waals surface area contributed by atoms with Crippen LogP contribution in [0.2, 0.25) is 10.0 Å². The first-order valence-corrected chi connectivity index (χ1v) is 8.61. The lowest BCUT2D eigenvalue weighted by Gasteiger charge is -2.22. The van der Waals surface area contributed by atoms with Gasteiger partial charge in [-0.3, -0.25) is 14.5 Å². The number of nitrogens with one attached hydrogen (secondary N) is 2. The molecule has 0 aliphatic carbocycles. The average Bonchev–Trinajstić information content (AvgIpc) is 2.83. The van der Waals surface area contributed by atoms with E-state index in [1.807, 2.05) is 0 Å². The monoisotopic (exact) mass is 409 g/mol. The highest BCUT2D eigenvalue weighted by atomic mass is 35.5. The minimum atomic E-state index is -1.37. The van der Waals surface area contributed by atoms with E-state index in [0.29, 0.717) is 16.3 Å². The van der Waals surface area contributed by atoms with Gasteiger partial charge in [0.05, 0.1) is 10.0 Å². The van der Waals surface area contributed by atoms with Crippen LogP contribution in [0.25, 0.3) is 0 Å². The molecule has 1 fully saturated rings. The minimum absolute atomic E-state index is 0.241. The van der Waals surface area contributed by atoms with E-state index in [0.717, 1.165) is 4.90 Å². The van der Waals surface area contributed by atoms with Crippen LogP contribution in [-0.2, 0) is 15.1 Å². The Morgan fingerprint density at radius 3 is 2.44 bits per heavy atom. The fourth-order valence-corrected chi connectivity index (χ4v) is 3.02. The Kier molecular flexibility index (Phi) is 5.08. The van der Waals surface area contributed by atoms with Gasteiger partial charge in [-0.15, -0.1) is 0 Å². The van der Waals surface area contributed by atoms with Crippen LogP contribution in [0.5, 0.6) is 0 Å². The molecule has 2 aromatic rings. The molecule has 1 unspecified atom stereocenters. The molecular weight excluding hydrogens is 396 g/mol. The van der Waals surface area contributed by atoms with Crippen LogP contribution >= 0.6 is 23.2 Å². The molecule has 2 aromatic carbocycles. The number of hydrogen-bond donors (Lipinski definition) is 2. The van der Waals surface area contributed by atoms with Gasteiger partial charge >= 0.3 is 6.03 Å². The second-order valence-corrected chi connectivity index (χ2v) is 6.94. The van der Waals surface area contributed by atoms with Crippen LogP contribution in [0.4, 0.5) is 14.9 Å². The summed E-state index contributed by atoms with van der Waals surface area (Å²) in [6, 6.07) is 9.00. The number of amides is 4. The average molecular weight is 410 g/mol. The highest BCUT2D eigenvalue weighted by Gasteiger charge is 2.49. The zero-order valence-corrected chi connectivity index (χ0v) is 15.6. The maximum Gasteiger partial charge on any atom is 0.325 e. The van der Waals surface area contributed by atoms with E-state index in [-0.39, 0.29) is 5.02 Å². The van der Waals surface area contributed by atoms with E-state index in [9.17, 15) is 18.8 Å². The molecule has 0 saturated carbocycles. The molecule has 1 aliphatic heterocycles. The Morgan fingerprint density at radius 1 is 1.15 bits per heavy atom. The Hall–Kier alpha value is -2.64. The first-order chi connectivity index (χ1) is 12.7. The molecule has 9 heteroatoms. The Morgan fingerprint density at radius 2 is 1.81 bits per heavy atom. The third kappa shape index (κ3) is 3.74. The molecule has 0 radical (unpaired) electrons. The van der Waals surface area contributed by atoms with Gasteiger partial charge in [-0.1, -0.05) is 29.3 Å². The van der Waals surface area contributed by atoms with E-state index in [1.165, 1.54) is 43.3 Å². The lowest BCUT2D eigenvalue weighted by Crippen LogP contribution is -2.42. The van der Waals surface area contributed by atoms with Crippen molar-refractivity contribution in [2.45, 2.75) is 12.5 Å². The van der Waals surface area contributed by atoms with Crippen molar-refractivity contribution in [1.82, 2.24) is 10.2 Å². The van der Waals surface area contributed by atoms with Gasteiger partial charge in [0.15, 0.2) is 0 Å². The van der Waals surface area contributed by atoms with Crippen LogP contribution in [0.1, 0.15) is 12.5 Å². The molecule has 140 valence electrons. The third-order valence-electron chi connectivity index (χ3n) is 4.20. The third-order valence-corrected chi connectivity index (χ3v) is 4.94. The number of imide groups is 1. The largest absolute Gasteiger partial charge is 0.325 e. The van der Waals surface area contributed by atoms with Crippen LogP contribution < -0.4 is 10.6 Å². The highest BCUT2D eigenvalue weighted by Crippen LogP contribution is 2.32. The molecule has 6 nitrogen and oxygen atoms in total. The van der Waals surface area contributed by atoms with Crippen molar-refractivity contribution in [3.8, 4) is 0 Å². The number of rotatable bonds is 4. The summed E-state index contributed by atoms with van der Waals surface area (Å²) >= 11 is 11.9. The SMILES string of the molecule is CC1(c2ccc(Cl)c(Cl)c2)NC(=O)N(CC(=O)Nc2ccc(F)cc2)C1=O. The van der Waals surface area contributed by atoms with Crippen LogP contribution in [0.3, 0.4) is 0 Å². The van der Waals surface area contributed by atoms with Crippen molar-refractivity contribution < 1.29 is 18.8 Å². The molecule has 0 spiro atoms. The Bertz CT molecular complexity index is 936. The van der Waals surface area contributed by atoms with Crippen molar-refractivity contribution >= 4 is 46.7 Å². The summed E-state index contributed by atoms with van der Waals surface area (Å²) in [6.45, 7) is 1.03. The molecule has 4 amide bonds. The number of urea groups is 1. The van der Waals surface area contributed by atoms with Crippen molar-refractivity contribution in [1.29, 1.82) is 0 Å². The van der Waals surface area contributed by atoms with Gasteiger partial charge in [0.1, 0.15) is 17.9 Å².